The van der Waals surface area contributed by atoms with Crippen LogP contribution in [0.1, 0.15) is 26.2 Å². The van der Waals surface area contributed by atoms with E-state index in [2.05, 4.69) is 10.6 Å². The summed E-state index contributed by atoms with van der Waals surface area (Å²) >= 11 is 0. The lowest BCUT2D eigenvalue weighted by atomic mass is 10.2. The Morgan fingerprint density at radius 2 is 1.95 bits per heavy atom. The van der Waals surface area contributed by atoms with Crippen molar-refractivity contribution in [2.24, 2.45) is 0 Å². The molecular formula is C12H24N2O5. The van der Waals surface area contributed by atoms with Crippen LogP contribution in [0.4, 0.5) is 4.79 Å². The lowest BCUT2D eigenvalue weighted by Gasteiger charge is -2.13. The Labute approximate surface area is 113 Å². The summed E-state index contributed by atoms with van der Waals surface area (Å²) in [7, 11) is 1.62. The standard InChI is InChI=1S/C12H24N2O5/c1-3-10(11(15)16)14-12(17)13-6-4-5-7-19-9-8-18-2/h10H,3-9H2,1-2H3,(H,15,16)(H2,13,14,17). The van der Waals surface area contributed by atoms with Gasteiger partial charge in [0, 0.05) is 20.3 Å². The van der Waals surface area contributed by atoms with Crippen molar-refractivity contribution in [1.82, 2.24) is 10.6 Å². The lowest BCUT2D eigenvalue weighted by Crippen LogP contribution is -2.45. The van der Waals surface area contributed by atoms with E-state index < -0.39 is 18.0 Å². The number of hydrogen-bond acceptors (Lipinski definition) is 4. The fraction of sp³-hybridized carbons (Fsp3) is 0.833. The van der Waals surface area contributed by atoms with Gasteiger partial charge in [0.15, 0.2) is 0 Å². The Bertz CT molecular complexity index is 261. The monoisotopic (exact) mass is 276 g/mol. The molecule has 0 aliphatic heterocycles. The number of nitrogens with one attached hydrogen (secondary N) is 2. The molecule has 0 spiro atoms. The third-order valence-corrected chi connectivity index (χ3v) is 2.44. The highest BCUT2D eigenvalue weighted by molar-refractivity contribution is 5.82. The Morgan fingerprint density at radius 3 is 2.53 bits per heavy atom. The summed E-state index contributed by atoms with van der Waals surface area (Å²) in [5.41, 5.74) is 0. The average Bonchev–Trinajstić information content (AvgIpc) is 2.38. The Morgan fingerprint density at radius 1 is 1.21 bits per heavy atom. The van der Waals surface area contributed by atoms with Crippen LogP contribution in [0.25, 0.3) is 0 Å². The number of rotatable bonds is 11. The van der Waals surface area contributed by atoms with Gasteiger partial charge < -0.3 is 25.2 Å². The van der Waals surface area contributed by atoms with Crippen LogP contribution in [0.15, 0.2) is 0 Å². The van der Waals surface area contributed by atoms with Crippen LogP contribution in [0, 0.1) is 0 Å². The van der Waals surface area contributed by atoms with Crippen LogP contribution in [0.5, 0.6) is 0 Å². The van der Waals surface area contributed by atoms with Gasteiger partial charge >= 0.3 is 12.0 Å². The van der Waals surface area contributed by atoms with Gasteiger partial charge in [0.05, 0.1) is 13.2 Å². The molecule has 0 radical (unpaired) electrons. The molecular weight excluding hydrogens is 252 g/mol. The first-order valence-corrected chi connectivity index (χ1v) is 6.45. The Balaban J connectivity index is 3.45. The van der Waals surface area contributed by atoms with E-state index in [-0.39, 0.29) is 0 Å². The van der Waals surface area contributed by atoms with E-state index in [1.807, 2.05) is 0 Å². The molecule has 0 aromatic rings. The second-order valence-corrected chi connectivity index (χ2v) is 4.01. The van der Waals surface area contributed by atoms with Crippen molar-refractivity contribution in [3.63, 3.8) is 0 Å². The Hall–Kier alpha value is -1.34. The van der Waals surface area contributed by atoms with Crippen molar-refractivity contribution in [2.75, 3.05) is 33.5 Å². The van der Waals surface area contributed by atoms with E-state index in [0.717, 1.165) is 12.8 Å². The van der Waals surface area contributed by atoms with E-state index >= 15 is 0 Å². The van der Waals surface area contributed by atoms with Gasteiger partial charge in [-0.3, -0.25) is 0 Å². The molecule has 0 rings (SSSR count). The molecule has 0 heterocycles. The van der Waals surface area contributed by atoms with Gasteiger partial charge in [0.1, 0.15) is 6.04 Å². The van der Waals surface area contributed by atoms with Crippen LogP contribution in [-0.4, -0.2) is 56.6 Å². The second-order valence-electron chi connectivity index (χ2n) is 4.01. The number of methoxy groups -OCH3 is 1. The van der Waals surface area contributed by atoms with E-state index in [0.29, 0.717) is 32.8 Å². The molecule has 19 heavy (non-hydrogen) atoms. The number of hydrogen-bond donors (Lipinski definition) is 3. The quantitative estimate of drug-likeness (QED) is 0.480. The first-order valence-electron chi connectivity index (χ1n) is 6.45. The van der Waals surface area contributed by atoms with Crippen LogP contribution < -0.4 is 10.6 Å². The second kappa shape index (κ2) is 11.7. The minimum atomic E-state index is -1.02. The van der Waals surface area contributed by atoms with Crippen molar-refractivity contribution in [3.8, 4) is 0 Å². The molecule has 0 aromatic heterocycles. The minimum Gasteiger partial charge on any atom is -0.480 e. The van der Waals surface area contributed by atoms with Crippen molar-refractivity contribution in [2.45, 2.75) is 32.2 Å². The fourth-order valence-electron chi connectivity index (χ4n) is 1.32. The predicted molar refractivity (Wildman–Crippen MR) is 70.2 cm³/mol. The minimum absolute atomic E-state index is 0.357. The molecule has 0 saturated heterocycles. The van der Waals surface area contributed by atoms with Crippen molar-refractivity contribution in [3.05, 3.63) is 0 Å². The number of carboxylic acid groups (broad SMARTS) is 1. The maximum atomic E-state index is 11.4. The Kier molecular flexibility index (Phi) is 10.9. The topological polar surface area (TPSA) is 96.9 Å². The lowest BCUT2D eigenvalue weighted by molar-refractivity contribution is -0.139. The summed E-state index contributed by atoms with van der Waals surface area (Å²) in [6.45, 7) is 3.97. The molecule has 2 amide bonds. The summed E-state index contributed by atoms with van der Waals surface area (Å²) in [6, 6.07) is -1.29. The van der Waals surface area contributed by atoms with Gasteiger partial charge in [0.2, 0.25) is 0 Å². The summed E-state index contributed by atoms with van der Waals surface area (Å²) in [5.74, 6) is -1.02. The van der Waals surface area contributed by atoms with Crippen LogP contribution >= 0.6 is 0 Å². The predicted octanol–water partition coefficient (Wildman–Crippen LogP) is 0.592. The molecule has 0 aromatic carbocycles. The average molecular weight is 276 g/mol. The molecule has 1 unspecified atom stereocenters. The highest BCUT2D eigenvalue weighted by Gasteiger charge is 2.16. The van der Waals surface area contributed by atoms with E-state index in [1.54, 1.807) is 14.0 Å². The van der Waals surface area contributed by atoms with Gasteiger partial charge in [-0.15, -0.1) is 0 Å². The number of aliphatic carboxylic acids is 1. The zero-order chi connectivity index (χ0) is 14.5. The molecule has 0 aliphatic rings. The highest BCUT2D eigenvalue weighted by Crippen LogP contribution is 1.91. The summed E-state index contributed by atoms with van der Waals surface area (Å²) in [6.07, 6.45) is 1.97. The number of amides is 2. The summed E-state index contributed by atoms with van der Waals surface area (Å²) in [5, 5.41) is 13.8. The van der Waals surface area contributed by atoms with Gasteiger partial charge in [-0.05, 0) is 19.3 Å². The smallest absolute Gasteiger partial charge is 0.326 e. The normalized spacial score (nSPS) is 11.9. The molecule has 0 saturated carbocycles. The maximum Gasteiger partial charge on any atom is 0.326 e. The first kappa shape index (κ1) is 17.7. The number of ether oxygens (including phenoxy) is 2. The number of carbonyl (C=O) groups is 2. The molecule has 7 heteroatoms. The highest BCUT2D eigenvalue weighted by atomic mass is 16.5. The fourth-order valence-corrected chi connectivity index (χ4v) is 1.32. The van der Waals surface area contributed by atoms with Crippen LogP contribution in [0.2, 0.25) is 0 Å². The molecule has 3 N–H and O–H groups in total. The van der Waals surface area contributed by atoms with Crippen molar-refractivity contribution in [1.29, 1.82) is 0 Å². The van der Waals surface area contributed by atoms with E-state index in [9.17, 15) is 9.59 Å². The number of urea groups is 1. The van der Waals surface area contributed by atoms with Crippen LogP contribution in [-0.2, 0) is 14.3 Å². The number of carbonyl (C=O) groups excluding carboxylic acids is 1. The van der Waals surface area contributed by atoms with E-state index in [4.69, 9.17) is 14.6 Å². The molecule has 7 nitrogen and oxygen atoms in total. The van der Waals surface area contributed by atoms with Gasteiger partial charge in [0.25, 0.3) is 0 Å². The zero-order valence-electron chi connectivity index (χ0n) is 11.6. The molecule has 0 fully saturated rings. The first-order chi connectivity index (χ1) is 9.11. The molecule has 0 bridgehead atoms. The van der Waals surface area contributed by atoms with E-state index in [1.165, 1.54) is 0 Å². The SMILES string of the molecule is CCC(NC(=O)NCCCCOCCOC)C(=O)O. The third kappa shape index (κ3) is 10.3. The van der Waals surface area contributed by atoms with Gasteiger partial charge in [-0.2, -0.15) is 0 Å². The molecule has 1 atom stereocenters. The molecule has 112 valence electrons. The summed E-state index contributed by atoms with van der Waals surface area (Å²) in [4.78, 5) is 22.1. The zero-order valence-corrected chi connectivity index (χ0v) is 11.6. The van der Waals surface area contributed by atoms with Crippen LogP contribution in [0.3, 0.4) is 0 Å². The van der Waals surface area contributed by atoms with Gasteiger partial charge in [-0.25, -0.2) is 9.59 Å². The van der Waals surface area contributed by atoms with Crippen molar-refractivity contribution < 1.29 is 24.2 Å². The number of unbranched alkanes of at least 4 members (excludes halogenated alkanes) is 1. The van der Waals surface area contributed by atoms with Crippen molar-refractivity contribution >= 4 is 12.0 Å². The largest absolute Gasteiger partial charge is 0.480 e. The van der Waals surface area contributed by atoms with Gasteiger partial charge in [-0.1, -0.05) is 6.92 Å². The molecule has 0 aliphatic carbocycles. The third-order valence-electron chi connectivity index (χ3n) is 2.44. The summed E-state index contributed by atoms with van der Waals surface area (Å²) < 4.78 is 10.1. The maximum absolute atomic E-state index is 11.4. The number of carboxylic acids is 1.